The van der Waals surface area contributed by atoms with Gasteiger partial charge < -0.3 is 9.30 Å². The molecule has 6 heteroatoms. The fourth-order valence-electron chi connectivity index (χ4n) is 3.05. The molecule has 142 valence electrons. The van der Waals surface area contributed by atoms with E-state index in [0.717, 1.165) is 42.5 Å². The Morgan fingerprint density at radius 1 is 1.27 bits per heavy atom. The summed E-state index contributed by atoms with van der Waals surface area (Å²) in [7, 11) is 0. The summed E-state index contributed by atoms with van der Waals surface area (Å²) in [5, 5.41) is 4.81. The van der Waals surface area contributed by atoms with Crippen molar-refractivity contribution in [3.8, 4) is 5.75 Å². The quantitative estimate of drug-likeness (QED) is 0.574. The van der Waals surface area contributed by atoms with Crippen molar-refractivity contribution in [2.75, 3.05) is 6.54 Å². The molecule has 1 aliphatic rings. The summed E-state index contributed by atoms with van der Waals surface area (Å²) in [6, 6.07) is 10.6. The fraction of sp³-hybridized carbons (Fsp3) is 0.600. The lowest BCUT2D eigenvalue weighted by atomic mass is 10.1. The number of hydrogen-bond donors (Lipinski definition) is 0. The van der Waals surface area contributed by atoms with E-state index in [0.29, 0.717) is 18.6 Å². The van der Waals surface area contributed by atoms with E-state index in [-0.39, 0.29) is 0 Å². The standard InChI is InChI=1S/C20H30N4OS/c1-4-22(17-10-11-17)15-24-20(26)23(13-12-16(2)3)19(21-24)14-25-18-8-6-5-7-9-18/h5-9,16-17H,4,10-15H2,1-3H3. The van der Waals surface area contributed by atoms with Gasteiger partial charge in [0.05, 0.1) is 6.67 Å². The summed E-state index contributed by atoms with van der Waals surface area (Å²) in [4.78, 5) is 2.46. The molecule has 1 aromatic heterocycles. The van der Waals surface area contributed by atoms with Crippen LogP contribution in [0.2, 0.25) is 0 Å². The summed E-state index contributed by atoms with van der Waals surface area (Å²) in [5.74, 6) is 2.39. The van der Waals surface area contributed by atoms with Crippen molar-refractivity contribution in [2.24, 2.45) is 5.92 Å². The van der Waals surface area contributed by atoms with Gasteiger partial charge in [-0.1, -0.05) is 39.0 Å². The molecule has 0 spiro atoms. The fourth-order valence-corrected chi connectivity index (χ4v) is 3.34. The molecule has 1 aliphatic carbocycles. The predicted molar refractivity (Wildman–Crippen MR) is 107 cm³/mol. The van der Waals surface area contributed by atoms with Crippen LogP contribution in [0.25, 0.3) is 0 Å². The molecule has 3 rings (SSSR count). The first-order valence-electron chi connectivity index (χ1n) is 9.67. The molecule has 2 aromatic rings. The highest BCUT2D eigenvalue weighted by Gasteiger charge is 2.28. The van der Waals surface area contributed by atoms with Crippen LogP contribution in [0.4, 0.5) is 0 Å². The van der Waals surface area contributed by atoms with Crippen LogP contribution in [0.1, 0.15) is 45.9 Å². The minimum atomic E-state index is 0.439. The molecule has 0 N–H and O–H groups in total. The third-order valence-electron chi connectivity index (χ3n) is 4.83. The van der Waals surface area contributed by atoms with E-state index in [4.69, 9.17) is 22.1 Å². The van der Waals surface area contributed by atoms with Crippen molar-refractivity contribution in [2.45, 2.75) is 65.9 Å². The van der Waals surface area contributed by atoms with Gasteiger partial charge in [0.25, 0.3) is 0 Å². The molecule has 1 saturated carbocycles. The van der Waals surface area contributed by atoms with E-state index in [1.807, 2.05) is 35.0 Å². The normalized spacial score (nSPS) is 14.3. The van der Waals surface area contributed by atoms with E-state index < -0.39 is 0 Å². The van der Waals surface area contributed by atoms with Crippen molar-refractivity contribution in [3.63, 3.8) is 0 Å². The topological polar surface area (TPSA) is 35.2 Å². The average Bonchev–Trinajstić information content (AvgIpc) is 3.43. The Bertz CT molecular complexity index is 749. The summed E-state index contributed by atoms with van der Waals surface area (Å²) in [6.07, 6.45) is 3.66. The highest BCUT2D eigenvalue weighted by atomic mass is 32.1. The van der Waals surface area contributed by atoms with Crippen LogP contribution in [-0.2, 0) is 19.8 Å². The lowest BCUT2D eigenvalue weighted by Gasteiger charge is -2.19. The Morgan fingerprint density at radius 2 is 2.00 bits per heavy atom. The maximum atomic E-state index is 5.94. The van der Waals surface area contributed by atoms with E-state index in [9.17, 15) is 0 Å². The molecular weight excluding hydrogens is 344 g/mol. The third kappa shape index (κ3) is 4.95. The van der Waals surface area contributed by atoms with Crippen molar-refractivity contribution in [3.05, 3.63) is 40.9 Å². The Labute approximate surface area is 161 Å². The molecule has 5 nitrogen and oxygen atoms in total. The van der Waals surface area contributed by atoms with Gasteiger partial charge in [0, 0.05) is 12.6 Å². The van der Waals surface area contributed by atoms with Gasteiger partial charge in [-0.3, -0.25) is 4.90 Å². The molecule has 0 bridgehead atoms. The largest absolute Gasteiger partial charge is 0.486 e. The third-order valence-corrected chi connectivity index (χ3v) is 5.26. The van der Waals surface area contributed by atoms with E-state index in [1.54, 1.807) is 0 Å². The maximum Gasteiger partial charge on any atom is 0.199 e. The summed E-state index contributed by atoms with van der Waals surface area (Å²) in [6.45, 7) is 9.80. The van der Waals surface area contributed by atoms with Crippen LogP contribution in [0.15, 0.2) is 30.3 Å². The number of ether oxygens (including phenoxy) is 1. The molecular formula is C20H30N4OS. The average molecular weight is 375 g/mol. The molecule has 0 saturated heterocycles. The number of benzene rings is 1. The zero-order chi connectivity index (χ0) is 18.5. The molecule has 0 unspecified atom stereocenters. The van der Waals surface area contributed by atoms with Crippen LogP contribution >= 0.6 is 12.2 Å². The highest BCUT2D eigenvalue weighted by molar-refractivity contribution is 7.71. The molecule has 0 amide bonds. The second kappa shape index (κ2) is 8.82. The molecule has 0 atom stereocenters. The number of para-hydroxylation sites is 1. The Balaban J connectivity index is 1.78. The van der Waals surface area contributed by atoms with E-state index in [1.165, 1.54) is 12.8 Å². The number of hydrogen-bond acceptors (Lipinski definition) is 4. The Morgan fingerprint density at radius 3 is 2.62 bits per heavy atom. The summed E-state index contributed by atoms with van der Waals surface area (Å²) < 4.78 is 10.9. The van der Waals surface area contributed by atoms with Crippen molar-refractivity contribution in [1.29, 1.82) is 0 Å². The molecule has 26 heavy (non-hydrogen) atoms. The molecule has 1 fully saturated rings. The molecule has 1 aromatic carbocycles. The zero-order valence-electron chi connectivity index (χ0n) is 16.1. The van der Waals surface area contributed by atoms with Gasteiger partial charge in [-0.05, 0) is 56.1 Å². The van der Waals surface area contributed by atoms with Gasteiger partial charge in [0.15, 0.2) is 10.6 Å². The number of nitrogens with zero attached hydrogens (tertiary/aromatic N) is 4. The summed E-state index contributed by atoms with van der Waals surface area (Å²) >= 11 is 5.75. The predicted octanol–water partition coefficient (Wildman–Crippen LogP) is 4.48. The van der Waals surface area contributed by atoms with E-state index >= 15 is 0 Å². The molecule has 1 heterocycles. The summed E-state index contributed by atoms with van der Waals surface area (Å²) in [5.41, 5.74) is 0. The first kappa shape index (κ1) is 19.1. The highest BCUT2D eigenvalue weighted by Crippen LogP contribution is 2.27. The number of rotatable bonds is 10. The van der Waals surface area contributed by atoms with Crippen LogP contribution in [0, 0.1) is 10.7 Å². The van der Waals surface area contributed by atoms with Crippen LogP contribution in [0.5, 0.6) is 5.75 Å². The zero-order valence-corrected chi connectivity index (χ0v) is 16.9. The van der Waals surface area contributed by atoms with Gasteiger partial charge in [0.1, 0.15) is 12.4 Å². The van der Waals surface area contributed by atoms with Gasteiger partial charge in [-0.2, -0.15) is 5.10 Å². The van der Waals surface area contributed by atoms with Crippen molar-refractivity contribution in [1.82, 2.24) is 19.2 Å². The Kier molecular flexibility index (Phi) is 6.48. The first-order valence-corrected chi connectivity index (χ1v) is 10.1. The minimum Gasteiger partial charge on any atom is -0.486 e. The van der Waals surface area contributed by atoms with Gasteiger partial charge in [-0.25, -0.2) is 4.68 Å². The Hall–Kier alpha value is -1.66. The van der Waals surface area contributed by atoms with Gasteiger partial charge in [0.2, 0.25) is 0 Å². The van der Waals surface area contributed by atoms with Gasteiger partial charge >= 0.3 is 0 Å². The minimum absolute atomic E-state index is 0.439. The van der Waals surface area contributed by atoms with Crippen LogP contribution < -0.4 is 4.74 Å². The first-order chi connectivity index (χ1) is 12.6. The SMILES string of the molecule is CCN(Cn1nc(COc2ccccc2)n(CCC(C)C)c1=S)C1CC1. The second-order valence-electron chi connectivity index (χ2n) is 7.41. The lowest BCUT2D eigenvalue weighted by Crippen LogP contribution is -2.29. The second-order valence-corrected chi connectivity index (χ2v) is 7.78. The van der Waals surface area contributed by atoms with Crippen LogP contribution in [-0.4, -0.2) is 31.8 Å². The van der Waals surface area contributed by atoms with Crippen LogP contribution in [0.3, 0.4) is 0 Å². The molecule has 0 radical (unpaired) electrons. The van der Waals surface area contributed by atoms with Crippen molar-refractivity contribution >= 4 is 12.2 Å². The maximum absolute atomic E-state index is 5.94. The number of aromatic nitrogens is 3. The van der Waals surface area contributed by atoms with E-state index in [2.05, 4.69) is 30.2 Å². The smallest absolute Gasteiger partial charge is 0.199 e. The monoisotopic (exact) mass is 374 g/mol. The van der Waals surface area contributed by atoms with Crippen molar-refractivity contribution < 1.29 is 4.74 Å². The molecule has 0 aliphatic heterocycles. The lowest BCUT2D eigenvalue weighted by molar-refractivity contribution is 0.204. The van der Waals surface area contributed by atoms with Gasteiger partial charge in [-0.15, -0.1) is 0 Å².